The van der Waals surface area contributed by atoms with Gasteiger partial charge in [0.1, 0.15) is 0 Å². The van der Waals surface area contributed by atoms with Crippen LogP contribution in [0.5, 0.6) is 0 Å². The van der Waals surface area contributed by atoms with Gasteiger partial charge in [-0.25, -0.2) is 4.79 Å². The minimum absolute atomic E-state index is 0.0272. The van der Waals surface area contributed by atoms with E-state index in [0.29, 0.717) is 17.7 Å². The third kappa shape index (κ3) is 5.94. The van der Waals surface area contributed by atoms with E-state index in [0.717, 1.165) is 0 Å². The number of hydrogen-bond acceptors (Lipinski definition) is 3. The summed E-state index contributed by atoms with van der Waals surface area (Å²) in [6.07, 6.45) is 0.289. The van der Waals surface area contributed by atoms with E-state index in [2.05, 4.69) is 10.6 Å². The molecule has 0 saturated carbocycles. The van der Waals surface area contributed by atoms with Crippen molar-refractivity contribution in [2.75, 3.05) is 5.32 Å². The van der Waals surface area contributed by atoms with Crippen LogP contribution in [0.1, 0.15) is 37.0 Å². The molecule has 0 radical (unpaired) electrons. The molecule has 0 unspecified atom stereocenters. The van der Waals surface area contributed by atoms with E-state index in [1.54, 1.807) is 26.0 Å². The summed E-state index contributed by atoms with van der Waals surface area (Å²) in [5, 5.41) is 13.9. The molecule has 3 amide bonds. The molecule has 0 heterocycles. The van der Waals surface area contributed by atoms with Gasteiger partial charge in [-0.3, -0.25) is 9.59 Å². The average Bonchev–Trinajstić information content (AvgIpc) is 2.36. The first kappa shape index (κ1) is 16.5. The van der Waals surface area contributed by atoms with Crippen LogP contribution in [0.25, 0.3) is 0 Å². The third-order valence-electron chi connectivity index (χ3n) is 2.84. The summed E-state index contributed by atoms with van der Waals surface area (Å²) in [6.45, 7) is 3.48. The van der Waals surface area contributed by atoms with Gasteiger partial charge in [-0.2, -0.15) is 0 Å². The van der Waals surface area contributed by atoms with E-state index in [1.807, 2.05) is 0 Å². The van der Waals surface area contributed by atoms with E-state index in [4.69, 9.17) is 10.8 Å². The second-order valence-electron chi connectivity index (χ2n) is 5.30. The van der Waals surface area contributed by atoms with Gasteiger partial charge in [-0.1, -0.05) is 0 Å². The molecule has 0 aromatic heterocycles. The van der Waals surface area contributed by atoms with E-state index >= 15 is 0 Å². The number of anilines is 1. The SMILES string of the molecule is CC(C)(CCC(=O)O)NC(=O)Nc1ccc(C(N)=O)cc1. The van der Waals surface area contributed by atoms with Crippen molar-refractivity contribution in [2.45, 2.75) is 32.2 Å². The van der Waals surface area contributed by atoms with Crippen LogP contribution >= 0.6 is 0 Å². The van der Waals surface area contributed by atoms with Crippen LogP contribution in [-0.2, 0) is 4.79 Å². The Morgan fingerprint density at radius 2 is 1.76 bits per heavy atom. The maximum Gasteiger partial charge on any atom is 0.319 e. The minimum Gasteiger partial charge on any atom is -0.481 e. The number of carboxylic acid groups (broad SMARTS) is 1. The predicted molar refractivity (Wildman–Crippen MR) is 78.1 cm³/mol. The standard InChI is InChI=1S/C14H19N3O4/c1-14(2,8-7-11(18)19)17-13(21)16-10-5-3-9(4-6-10)12(15)20/h3-6H,7-8H2,1-2H3,(H2,15,20)(H,18,19)(H2,16,17,21). The lowest BCUT2D eigenvalue weighted by Gasteiger charge is -2.25. The van der Waals surface area contributed by atoms with Crippen molar-refractivity contribution < 1.29 is 19.5 Å². The van der Waals surface area contributed by atoms with Gasteiger partial charge in [-0.05, 0) is 44.5 Å². The predicted octanol–water partition coefficient (Wildman–Crippen LogP) is 1.55. The molecule has 21 heavy (non-hydrogen) atoms. The maximum atomic E-state index is 11.8. The van der Waals surface area contributed by atoms with E-state index in [9.17, 15) is 14.4 Å². The zero-order valence-electron chi connectivity index (χ0n) is 12.0. The summed E-state index contributed by atoms with van der Waals surface area (Å²) >= 11 is 0. The second kappa shape index (κ2) is 6.74. The van der Waals surface area contributed by atoms with Gasteiger partial charge in [0.15, 0.2) is 0 Å². The van der Waals surface area contributed by atoms with Crippen LogP contribution < -0.4 is 16.4 Å². The van der Waals surface area contributed by atoms with Crippen molar-refractivity contribution in [3.63, 3.8) is 0 Å². The highest BCUT2D eigenvalue weighted by molar-refractivity contribution is 5.94. The molecule has 7 nitrogen and oxygen atoms in total. The summed E-state index contributed by atoms with van der Waals surface area (Å²) in [5.74, 6) is -1.45. The summed E-state index contributed by atoms with van der Waals surface area (Å²) in [4.78, 5) is 33.3. The lowest BCUT2D eigenvalue weighted by molar-refractivity contribution is -0.137. The molecule has 1 aromatic rings. The van der Waals surface area contributed by atoms with Crippen LogP contribution in [0, 0.1) is 0 Å². The number of carboxylic acids is 1. The van der Waals surface area contributed by atoms with E-state index in [-0.39, 0.29) is 6.42 Å². The Bertz CT molecular complexity index is 538. The number of carbonyl (C=O) groups excluding carboxylic acids is 2. The molecule has 1 rings (SSSR count). The number of amides is 3. The Labute approximate surface area is 122 Å². The maximum absolute atomic E-state index is 11.8. The molecule has 0 aliphatic heterocycles. The molecule has 0 aliphatic rings. The topological polar surface area (TPSA) is 122 Å². The Morgan fingerprint density at radius 1 is 1.19 bits per heavy atom. The molecular formula is C14H19N3O4. The largest absolute Gasteiger partial charge is 0.481 e. The first-order chi connectivity index (χ1) is 9.69. The number of urea groups is 1. The Hall–Kier alpha value is -2.57. The van der Waals surface area contributed by atoms with Crippen molar-refractivity contribution in [3.8, 4) is 0 Å². The monoisotopic (exact) mass is 293 g/mol. The molecule has 1 aromatic carbocycles. The molecule has 7 heteroatoms. The third-order valence-corrected chi connectivity index (χ3v) is 2.84. The number of nitrogens with two attached hydrogens (primary N) is 1. The van der Waals surface area contributed by atoms with Crippen LogP contribution in [0.4, 0.5) is 10.5 Å². The van der Waals surface area contributed by atoms with Gasteiger partial charge < -0.3 is 21.5 Å². The van der Waals surface area contributed by atoms with Crippen LogP contribution in [0.3, 0.4) is 0 Å². The minimum atomic E-state index is -0.910. The summed E-state index contributed by atoms with van der Waals surface area (Å²) < 4.78 is 0. The first-order valence-corrected chi connectivity index (χ1v) is 6.40. The Balaban J connectivity index is 2.56. The summed E-state index contributed by atoms with van der Waals surface area (Å²) in [7, 11) is 0. The number of aliphatic carboxylic acids is 1. The Morgan fingerprint density at radius 3 is 2.24 bits per heavy atom. The number of rotatable bonds is 6. The van der Waals surface area contributed by atoms with Crippen LogP contribution in [0.2, 0.25) is 0 Å². The fourth-order valence-corrected chi connectivity index (χ4v) is 1.67. The number of nitrogens with one attached hydrogen (secondary N) is 2. The lowest BCUT2D eigenvalue weighted by atomic mass is 9.99. The van der Waals surface area contributed by atoms with Crippen LogP contribution in [-0.4, -0.2) is 28.6 Å². The smallest absolute Gasteiger partial charge is 0.319 e. The first-order valence-electron chi connectivity index (χ1n) is 6.40. The highest BCUT2D eigenvalue weighted by Crippen LogP contribution is 2.13. The number of hydrogen-bond donors (Lipinski definition) is 4. The molecular weight excluding hydrogens is 274 g/mol. The molecule has 0 fully saturated rings. The highest BCUT2D eigenvalue weighted by atomic mass is 16.4. The number of primary amides is 1. The second-order valence-corrected chi connectivity index (χ2v) is 5.30. The molecule has 114 valence electrons. The van der Waals surface area contributed by atoms with Gasteiger partial charge in [0.2, 0.25) is 5.91 Å². The van der Waals surface area contributed by atoms with Gasteiger partial charge in [0.25, 0.3) is 0 Å². The van der Waals surface area contributed by atoms with Crippen molar-refractivity contribution in [1.82, 2.24) is 5.32 Å². The molecule has 5 N–H and O–H groups in total. The van der Waals surface area contributed by atoms with Crippen LogP contribution in [0.15, 0.2) is 24.3 Å². The fraction of sp³-hybridized carbons (Fsp3) is 0.357. The molecule has 0 bridgehead atoms. The lowest BCUT2D eigenvalue weighted by Crippen LogP contribution is -2.45. The van der Waals surface area contributed by atoms with E-state index in [1.165, 1.54) is 12.1 Å². The van der Waals surface area contributed by atoms with Gasteiger partial charge in [-0.15, -0.1) is 0 Å². The van der Waals surface area contributed by atoms with Gasteiger partial charge >= 0.3 is 12.0 Å². The summed E-state index contributed by atoms with van der Waals surface area (Å²) in [5.41, 5.74) is 5.33. The van der Waals surface area contributed by atoms with Crippen molar-refractivity contribution in [3.05, 3.63) is 29.8 Å². The number of benzene rings is 1. The van der Waals surface area contributed by atoms with Crippen molar-refractivity contribution in [2.24, 2.45) is 5.73 Å². The zero-order chi connectivity index (χ0) is 16.0. The summed E-state index contributed by atoms with van der Waals surface area (Å²) in [6, 6.07) is 5.69. The molecule has 0 spiro atoms. The van der Waals surface area contributed by atoms with Gasteiger partial charge in [0.05, 0.1) is 0 Å². The quantitative estimate of drug-likeness (QED) is 0.635. The zero-order valence-corrected chi connectivity index (χ0v) is 12.0. The highest BCUT2D eigenvalue weighted by Gasteiger charge is 2.21. The molecule has 0 aliphatic carbocycles. The normalized spacial score (nSPS) is 10.8. The average molecular weight is 293 g/mol. The van der Waals surface area contributed by atoms with Gasteiger partial charge in [0, 0.05) is 23.2 Å². The van der Waals surface area contributed by atoms with Crippen molar-refractivity contribution >= 4 is 23.6 Å². The Kier molecular flexibility index (Phi) is 5.29. The van der Waals surface area contributed by atoms with Crippen molar-refractivity contribution in [1.29, 1.82) is 0 Å². The van der Waals surface area contributed by atoms with E-state index < -0.39 is 23.4 Å². The molecule has 0 atom stereocenters. The molecule has 0 saturated heterocycles. The number of carbonyl (C=O) groups is 3. The fourth-order valence-electron chi connectivity index (χ4n) is 1.67.